The van der Waals surface area contributed by atoms with Crippen LogP contribution in [0.15, 0.2) is 0 Å². The molecule has 0 aromatic heterocycles. The first-order valence-corrected chi connectivity index (χ1v) is 5.14. The third-order valence-electron chi connectivity index (χ3n) is 3.03. The largest absolute Gasteiger partial charge is 0.327 e. The lowest BCUT2D eigenvalue weighted by Gasteiger charge is -2.37. The van der Waals surface area contributed by atoms with Gasteiger partial charge >= 0.3 is 0 Å². The third kappa shape index (κ3) is 2.20. The van der Waals surface area contributed by atoms with Crippen LogP contribution in [0.5, 0.6) is 0 Å². The average molecular weight is 170 g/mol. The molecule has 1 aliphatic heterocycles. The van der Waals surface area contributed by atoms with Gasteiger partial charge in [0.25, 0.3) is 0 Å². The molecule has 0 amide bonds. The van der Waals surface area contributed by atoms with Crippen molar-refractivity contribution < 1.29 is 0 Å². The SMILES string of the molecule is CCC1NCC(N)CC1C(C)C. The Kier molecular flexibility index (Phi) is 3.53. The van der Waals surface area contributed by atoms with E-state index in [2.05, 4.69) is 26.1 Å². The minimum atomic E-state index is 0.375. The van der Waals surface area contributed by atoms with Gasteiger partial charge in [-0.15, -0.1) is 0 Å². The van der Waals surface area contributed by atoms with Gasteiger partial charge in [0.15, 0.2) is 0 Å². The Morgan fingerprint density at radius 2 is 2.17 bits per heavy atom. The number of hydrogen-bond donors (Lipinski definition) is 2. The Bertz CT molecular complexity index is 134. The lowest BCUT2D eigenvalue weighted by Crippen LogP contribution is -2.51. The predicted molar refractivity (Wildman–Crippen MR) is 53.0 cm³/mol. The van der Waals surface area contributed by atoms with Gasteiger partial charge < -0.3 is 11.1 Å². The summed E-state index contributed by atoms with van der Waals surface area (Å²) in [6, 6.07) is 1.07. The van der Waals surface area contributed by atoms with Gasteiger partial charge in [-0.3, -0.25) is 0 Å². The standard InChI is InChI=1S/C10H22N2/c1-4-10-9(7(2)3)5-8(11)6-12-10/h7-10,12H,4-6,11H2,1-3H3. The summed E-state index contributed by atoms with van der Waals surface area (Å²) in [7, 11) is 0. The molecule has 1 fully saturated rings. The Morgan fingerprint density at radius 3 is 2.67 bits per heavy atom. The summed E-state index contributed by atoms with van der Waals surface area (Å²) in [6.45, 7) is 7.85. The molecule has 0 aromatic carbocycles. The maximum Gasteiger partial charge on any atom is 0.0168 e. The van der Waals surface area contributed by atoms with Crippen molar-refractivity contribution in [3.05, 3.63) is 0 Å². The molecule has 0 radical (unpaired) electrons. The van der Waals surface area contributed by atoms with Crippen LogP contribution in [0, 0.1) is 11.8 Å². The van der Waals surface area contributed by atoms with Gasteiger partial charge in [0.1, 0.15) is 0 Å². The van der Waals surface area contributed by atoms with Gasteiger partial charge in [-0.2, -0.15) is 0 Å². The van der Waals surface area contributed by atoms with Gasteiger partial charge in [-0.25, -0.2) is 0 Å². The highest BCUT2D eigenvalue weighted by molar-refractivity contribution is 4.87. The first-order valence-electron chi connectivity index (χ1n) is 5.14. The average Bonchev–Trinajstić information content (AvgIpc) is 2.04. The molecule has 3 atom stereocenters. The van der Waals surface area contributed by atoms with Crippen molar-refractivity contribution in [3.8, 4) is 0 Å². The van der Waals surface area contributed by atoms with E-state index in [0.717, 1.165) is 18.4 Å². The lowest BCUT2D eigenvalue weighted by atomic mass is 9.79. The molecule has 3 unspecified atom stereocenters. The Balaban J connectivity index is 2.52. The first kappa shape index (κ1) is 10.0. The van der Waals surface area contributed by atoms with E-state index in [0.29, 0.717) is 12.1 Å². The fraction of sp³-hybridized carbons (Fsp3) is 1.00. The molecule has 1 aliphatic rings. The van der Waals surface area contributed by atoms with E-state index in [-0.39, 0.29) is 0 Å². The Hall–Kier alpha value is -0.0800. The summed E-state index contributed by atoms with van der Waals surface area (Å²) in [5.74, 6) is 1.53. The molecule has 1 heterocycles. The first-order chi connectivity index (χ1) is 5.65. The second kappa shape index (κ2) is 4.24. The van der Waals surface area contributed by atoms with Gasteiger partial charge in [0.05, 0.1) is 0 Å². The molecule has 72 valence electrons. The monoisotopic (exact) mass is 170 g/mol. The van der Waals surface area contributed by atoms with E-state index < -0.39 is 0 Å². The van der Waals surface area contributed by atoms with Gasteiger partial charge in [-0.05, 0) is 24.7 Å². The topological polar surface area (TPSA) is 38.0 Å². The zero-order valence-corrected chi connectivity index (χ0v) is 8.51. The van der Waals surface area contributed by atoms with Crippen LogP contribution in [-0.4, -0.2) is 18.6 Å². The van der Waals surface area contributed by atoms with Crippen molar-refractivity contribution in [2.24, 2.45) is 17.6 Å². The highest BCUT2D eigenvalue weighted by Gasteiger charge is 2.28. The van der Waals surface area contributed by atoms with E-state index in [1.54, 1.807) is 0 Å². The molecule has 1 rings (SSSR count). The van der Waals surface area contributed by atoms with E-state index in [1.165, 1.54) is 12.8 Å². The van der Waals surface area contributed by atoms with Crippen molar-refractivity contribution >= 4 is 0 Å². The van der Waals surface area contributed by atoms with Crippen LogP contribution in [0.1, 0.15) is 33.6 Å². The highest BCUT2D eigenvalue weighted by atomic mass is 15.0. The zero-order chi connectivity index (χ0) is 9.14. The minimum Gasteiger partial charge on any atom is -0.327 e. The minimum absolute atomic E-state index is 0.375. The smallest absolute Gasteiger partial charge is 0.0168 e. The van der Waals surface area contributed by atoms with Crippen LogP contribution in [0.2, 0.25) is 0 Å². The van der Waals surface area contributed by atoms with Crippen molar-refractivity contribution in [1.29, 1.82) is 0 Å². The van der Waals surface area contributed by atoms with Crippen LogP contribution in [0.3, 0.4) is 0 Å². The molecule has 3 N–H and O–H groups in total. The number of nitrogens with two attached hydrogens (primary N) is 1. The summed E-state index contributed by atoms with van der Waals surface area (Å²) >= 11 is 0. The summed E-state index contributed by atoms with van der Waals surface area (Å²) in [4.78, 5) is 0. The molecular formula is C10H22N2. The maximum atomic E-state index is 5.92. The normalized spacial score (nSPS) is 37.2. The summed E-state index contributed by atoms with van der Waals surface area (Å²) in [5, 5.41) is 3.52. The van der Waals surface area contributed by atoms with Gasteiger partial charge in [0.2, 0.25) is 0 Å². The van der Waals surface area contributed by atoms with E-state index >= 15 is 0 Å². The van der Waals surface area contributed by atoms with Crippen LogP contribution in [0.4, 0.5) is 0 Å². The predicted octanol–water partition coefficient (Wildman–Crippen LogP) is 1.36. The molecule has 0 aliphatic carbocycles. The maximum absolute atomic E-state index is 5.92. The molecule has 1 saturated heterocycles. The second-order valence-corrected chi connectivity index (χ2v) is 4.33. The molecule has 0 saturated carbocycles. The number of piperidine rings is 1. The third-order valence-corrected chi connectivity index (χ3v) is 3.03. The van der Waals surface area contributed by atoms with E-state index in [1.807, 2.05) is 0 Å². The summed E-state index contributed by atoms with van der Waals surface area (Å²) in [6.07, 6.45) is 2.43. The van der Waals surface area contributed by atoms with Crippen LogP contribution < -0.4 is 11.1 Å². The lowest BCUT2D eigenvalue weighted by molar-refractivity contribution is 0.197. The van der Waals surface area contributed by atoms with E-state index in [9.17, 15) is 0 Å². The molecular weight excluding hydrogens is 148 g/mol. The van der Waals surface area contributed by atoms with Crippen molar-refractivity contribution in [3.63, 3.8) is 0 Å². The zero-order valence-electron chi connectivity index (χ0n) is 8.51. The van der Waals surface area contributed by atoms with Crippen LogP contribution >= 0.6 is 0 Å². The number of nitrogens with one attached hydrogen (secondary N) is 1. The van der Waals surface area contributed by atoms with E-state index in [4.69, 9.17) is 5.73 Å². The van der Waals surface area contributed by atoms with Gasteiger partial charge in [0, 0.05) is 18.6 Å². The summed E-state index contributed by atoms with van der Waals surface area (Å²) < 4.78 is 0. The molecule has 12 heavy (non-hydrogen) atoms. The van der Waals surface area contributed by atoms with Gasteiger partial charge in [-0.1, -0.05) is 20.8 Å². The number of rotatable bonds is 2. The number of hydrogen-bond acceptors (Lipinski definition) is 2. The summed E-state index contributed by atoms with van der Waals surface area (Å²) in [5.41, 5.74) is 5.92. The van der Waals surface area contributed by atoms with Crippen molar-refractivity contribution in [2.45, 2.75) is 45.7 Å². The van der Waals surface area contributed by atoms with Crippen LogP contribution in [-0.2, 0) is 0 Å². The molecule has 0 aromatic rings. The quantitative estimate of drug-likeness (QED) is 0.656. The fourth-order valence-electron chi connectivity index (χ4n) is 2.24. The molecule has 0 bridgehead atoms. The Morgan fingerprint density at radius 1 is 1.50 bits per heavy atom. The van der Waals surface area contributed by atoms with Crippen molar-refractivity contribution in [1.82, 2.24) is 5.32 Å². The van der Waals surface area contributed by atoms with Crippen molar-refractivity contribution in [2.75, 3.05) is 6.54 Å². The molecule has 0 spiro atoms. The molecule has 2 nitrogen and oxygen atoms in total. The van der Waals surface area contributed by atoms with Crippen LogP contribution in [0.25, 0.3) is 0 Å². The second-order valence-electron chi connectivity index (χ2n) is 4.33. The fourth-order valence-corrected chi connectivity index (χ4v) is 2.24. The Labute approximate surface area is 75.9 Å². The molecule has 2 heteroatoms. The highest BCUT2D eigenvalue weighted by Crippen LogP contribution is 2.25.